The average molecular weight is 248 g/mol. The van der Waals surface area contributed by atoms with Crippen molar-refractivity contribution in [1.82, 2.24) is 0 Å². The number of nitrogens with zero attached hydrogens (tertiary/aromatic N) is 1. The molecule has 0 aliphatic heterocycles. The summed E-state index contributed by atoms with van der Waals surface area (Å²) in [6, 6.07) is 8.92. The first-order chi connectivity index (χ1) is 8.74. The van der Waals surface area contributed by atoms with E-state index in [1.807, 2.05) is 13.0 Å². The van der Waals surface area contributed by atoms with Crippen LogP contribution in [-0.4, -0.2) is 24.3 Å². The molecule has 1 aromatic rings. The molecule has 18 heavy (non-hydrogen) atoms. The van der Waals surface area contributed by atoms with Crippen LogP contribution in [0.3, 0.4) is 0 Å². The molecule has 0 saturated heterocycles. The van der Waals surface area contributed by atoms with Crippen molar-refractivity contribution in [2.75, 3.05) is 18.1 Å². The molecule has 1 aromatic carbocycles. The second kappa shape index (κ2) is 6.21. The third kappa shape index (κ3) is 2.85. The van der Waals surface area contributed by atoms with Crippen molar-refractivity contribution in [1.29, 1.82) is 0 Å². The minimum Gasteiger partial charge on any atom is -0.395 e. The third-order valence-corrected chi connectivity index (χ3v) is 3.84. The Morgan fingerprint density at radius 2 is 2.00 bits per heavy atom. The zero-order valence-electron chi connectivity index (χ0n) is 11.2. The Balaban J connectivity index is 2.29. The normalized spacial score (nSPS) is 17.9. The Kier molecular flexibility index (Phi) is 4.61. The fourth-order valence-electron chi connectivity index (χ4n) is 2.96. The summed E-state index contributed by atoms with van der Waals surface area (Å²) in [5.41, 5.74) is 8.44. The largest absolute Gasteiger partial charge is 0.395 e. The second-order valence-electron chi connectivity index (χ2n) is 5.20. The van der Waals surface area contributed by atoms with Crippen molar-refractivity contribution in [3.63, 3.8) is 0 Å². The predicted octanol–water partition coefficient (Wildman–Crippen LogP) is 2.45. The number of aliphatic hydroxyl groups is 1. The van der Waals surface area contributed by atoms with E-state index < -0.39 is 0 Å². The monoisotopic (exact) mass is 248 g/mol. The molecule has 100 valence electrons. The van der Waals surface area contributed by atoms with Crippen LogP contribution in [0, 0.1) is 0 Å². The molecule has 1 aliphatic carbocycles. The summed E-state index contributed by atoms with van der Waals surface area (Å²) in [7, 11) is 0. The third-order valence-electron chi connectivity index (χ3n) is 3.84. The van der Waals surface area contributed by atoms with Gasteiger partial charge in [-0.05, 0) is 31.4 Å². The predicted molar refractivity (Wildman–Crippen MR) is 75.7 cm³/mol. The summed E-state index contributed by atoms with van der Waals surface area (Å²) in [5, 5.41) is 9.31. The van der Waals surface area contributed by atoms with E-state index in [4.69, 9.17) is 5.73 Å². The van der Waals surface area contributed by atoms with E-state index in [9.17, 15) is 5.11 Å². The van der Waals surface area contributed by atoms with Crippen molar-refractivity contribution < 1.29 is 5.11 Å². The minimum atomic E-state index is 0.0313. The minimum absolute atomic E-state index is 0.0313. The van der Waals surface area contributed by atoms with Crippen molar-refractivity contribution in [2.24, 2.45) is 5.73 Å². The van der Waals surface area contributed by atoms with Gasteiger partial charge < -0.3 is 15.7 Å². The van der Waals surface area contributed by atoms with E-state index in [0.717, 1.165) is 0 Å². The SMILES string of the molecule is C[C@@H](N)c1ccccc1N(CCO)C1CCCC1. The second-order valence-corrected chi connectivity index (χ2v) is 5.20. The molecule has 0 unspecified atom stereocenters. The molecule has 0 amide bonds. The molecule has 0 radical (unpaired) electrons. The van der Waals surface area contributed by atoms with Crippen LogP contribution < -0.4 is 10.6 Å². The van der Waals surface area contributed by atoms with Crippen molar-refractivity contribution in [2.45, 2.75) is 44.7 Å². The van der Waals surface area contributed by atoms with Gasteiger partial charge in [0, 0.05) is 24.3 Å². The molecule has 0 bridgehead atoms. The van der Waals surface area contributed by atoms with E-state index >= 15 is 0 Å². The Labute approximate surface area is 110 Å². The van der Waals surface area contributed by atoms with Gasteiger partial charge in [-0.1, -0.05) is 31.0 Å². The van der Waals surface area contributed by atoms with Gasteiger partial charge in [-0.15, -0.1) is 0 Å². The van der Waals surface area contributed by atoms with Gasteiger partial charge >= 0.3 is 0 Å². The zero-order valence-corrected chi connectivity index (χ0v) is 11.2. The molecule has 1 atom stereocenters. The van der Waals surface area contributed by atoms with Gasteiger partial charge in [0.05, 0.1) is 6.61 Å². The number of anilines is 1. The lowest BCUT2D eigenvalue weighted by Crippen LogP contribution is -2.36. The van der Waals surface area contributed by atoms with E-state index in [1.165, 1.54) is 36.9 Å². The fraction of sp³-hybridized carbons (Fsp3) is 0.600. The molecular weight excluding hydrogens is 224 g/mol. The van der Waals surface area contributed by atoms with Gasteiger partial charge in [0.15, 0.2) is 0 Å². The molecule has 3 nitrogen and oxygen atoms in total. The van der Waals surface area contributed by atoms with Crippen LogP contribution in [0.4, 0.5) is 5.69 Å². The van der Waals surface area contributed by atoms with Crippen LogP contribution in [0.25, 0.3) is 0 Å². The summed E-state index contributed by atoms with van der Waals surface area (Å²) in [6.45, 7) is 2.92. The maximum Gasteiger partial charge on any atom is 0.0606 e. The summed E-state index contributed by atoms with van der Waals surface area (Å²) in [5.74, 6) is 0. The maximum absolute atomic E-state index is 9.31. The van der Waals surface area contributed by atoms with Crippen molar-refractivity contribution in [3.05, 3.63) is 29.8 Å². The fourth-order valence-corrected chi connectivity index (χ4v) is 2.96. The number of aliphatic hydroxyl groups excluding tert-OH is 1. The maximum atomic E-state index is 9.31. The lowest BCUT2D eigenvalue weighted by Gasteiger charge is -2.33. The quantitative estimate of drug-likeness (QED) is 0.841. The molecule has 3 heteroatoms. The standard InChI is InChI=1S/C15H24N2O/c1-12(16)14-8-4-5-9-15(14)17(10-11-18)13-6-2-3-7-13/h4-5,8-9,12-13,18H,2-3,6-7,10-11,16H2,1H3/t12-/m1/s1. The van der Waals surface area contributed by atoms with Gasteiger partial charge in [0.2, 0.25) is 0 Å². The van der Waals surface area contributed by atoms with Gasteiger partial charge in [0.1, 0.15) is 0 Å². The van der Waals surface area contributed by atoms with Gasteiger partial charge in [-0.2, -0.15) is 0 Å². The number of hydrogen-bond acceptors (Lipinski definition) is 3. The number of hydrogen-bond donors (Lipinski definition) is 2. The topological polar surface area (TPSA) is 49.5 Å². The molecule has 0 spiro atoms. The highest BCUT2D eigenvalue weighted by Gasteiger charge is 2.24. The Morgan fingerprint density at radius 1 is 1.33 bits per heavy atom. The van der Waals surface area contributed by atoms with Crippen LogP contribution in [-0.2, 0) is 0 Å². The summed E-state index contributed by atoms with van der Waals surface area (Å²) in [6.07, 6.45) is 5.06. The van der Waals surface area contributed by atoms with Crippen LogP contribution in [0.2, 0.25) is 0 Å². The molecule has 3 N–H and O–H groups in total. The van der Waals surface area contributed by atoms with E-state index in [2.05, 4.69) is 23.1 Å². The molecule has 0 heterocycles. The summed E-state index contributed by atoms with van der Waals surface area (Å²) >= 11 is 0. The van der Waals surface area contributed by atoms with Crippen LogP contribution in [0.5, 0.6) is 0 Å². The molecule has 1 fully saturated rings. The molecule has 1 aliphatic rings. The highest BCUT2D eigenvalue weighted by Crippen LogP contribution is 2.32. The summed E-state index contributed by atoms with van der Waals surface area (Å²) < 4.78 is 0. The lowest BCUT2D eigenvalue weighted by molar-refractivity contribution is 0.297. The number of nitrogens with two attached hydrogens (primary N) is 1. The van der Waals surface area contributed by atoms with Gasteiger partial charge in [0.25, 0.3) is 0 Å². The van der Waals surface area contributed by atoms with Gasteiger partial charge in [-0.3, -0.25) is 0 Å². The Morgan fingerprint density at radius 3 is 2.61 bits per heavy atom. The van der Waals surface area contributed by atoms with Crippen LogP contribution in [0.15, 0.2) is 24.3 Å². The average Bonchev–Trinajstić information content (AvgIpc) is 2.89. The first-order valence-electron chi connectivity index (χ1n) is 6.96. The van der Waals surface area contributed by atoms with Gasteiger partial charge in [-0.25, -0.2) is 0 Å². The number of benzene rings is 1. The highest BCUT2D eigenvalue weighted by molar-refractivity contribution is 5.55. The molecular formula is C15H24N2O. The summed E-state index contributed by atoms with van der Waals surface area (Å²) in [4.78, 5) is 2.35. The smallest absolute Gasteiger partial charge is 0.0606 e. The molecule has 0 aromatic heterocycles. The molecule has 1 saturated carbocycles. The number of para-hydroxylation sites is 1. The Bertz CT molecular complexity index is 373. The van der Waals surface area contributed by atoms with Crippen molar-refractivity contribution >= 4 is 5.69 Å². The van der Waals surface area contributed by atoms with E-state index in [1.54, 1.807) is 0 Å². The first-order valence-corrected chi connectivity index (χ1v) is 6.96. The lowest BCUT2D eigenvalue weighted by atomic mass is 10.0. The van der Waals surface area contributed by atoms with E-state index in [-0.39, 0.29) is 12.6 Å². The molecule has 2 rings (SSSR count). The van der Waals surface area contributed by atoms with E-state index in [0.29, 0.717) is 12.6 Å². The zero-order chi connectivity index (χ0) is 13.0. The van der Waals surface area contributed by atoms with Crippen LogP contribution >= 0.6 is 0 Å². The highest BCUT2D eigenvalue weighted by atomic mass is 16.3. The first kappa shape index (κ1) is 13.4. The van der Waals surface area contributed by atoms with Crippen LogP contribution in [0.1, 0.15) is 44.2 Å². The van der Waals surface area contributed by atoms with Crippen molar-refractivity contribution in [3.8, 4) is 0 Å². The Hall–Kier alpha value is -1.06. The number of rotatable bonds is 5.